The molecule has 0 amide bonds. The van der Waals surface area contributed by atoms with Gasteiger partial charge in [-0.3, -0.25) is 4.40 Å². The molecule has 0 bridgehead atoms. The Balaban J connectivity index is 1.46. The molecule has 132 valence electrons. The van der Waals surface area contributed by atoms with Gasteiger partial charge in [-0.25, -0.2) is 9.37 Å². The second kappa shape index (κ2) is 5.79. The highest BCUT2D eigenvalue weighted by atomic mass is 19.1. The Morgan fingerprint density at radius 3 is 2.85 bits per heavy atom. The Morgan fingerprint density at radius 1 is 1.15 bits per heavy atom. The summed E-state index contributed by atoms with van der Waals surface area (Å²) in [5.41, 5.74) is 3.57. The van der Waals surface area contributed by atoms with Gasteiger partial charge in [-0.05, 0) is 49.1 Å². The molecular formula is C19H19FN6. The number of H-pyrrole nitrogens is 1. The van der Waals surface area contributed by atoms with E-state index < -0.39 is 0 Å². The zero-order valence-corrected chi connectivity index (χ0v) is 14.4. The topological polar surface area (TPSA) is 70.9 Å². The molecular weight excluding hydrogens is 331 g/mol. The second-order valence-electron chi connectivity index (χ2n) is 7.12. The van der Waals surface area contributed by atoms with E-state index in [4.69, 9.17) is 0 Å². The number of nitrogens with one attached hydrogen (secondary N) is 2. The standard InChI is InChI=1S/C19H19FN6/c1-11-8-14(23-13-4-2-12(20)3-5-13)9-15(11)19-25-24-17-10-22-18-16(26(17)19)6-7-21-18/h2-7,10-11,14-15,21,23H,8-9H2,1H3. The van der Waals surface area contributed by atoms with Crippen LogP contribution >= 0.6 is 0 Å². The van der Waals surface area contributed by atoms with Crippen LogP contribution in [0, 0.1) is 11.7 Å². The molecule has 4 aromatic rings. The number of hydrogen-bond acceptors (Lipinski definition) is 4. The summed E-state index contributed by atoms with van der Waals surface area (Å²) in [5, 5.41) is 12.3. The van der Waals surface area contributed by atoms with Gasteiger partial charge in [0.2, 0.25) is 0 Å². The summed E-state index contributed by atoms with van der Waals surface area (Å²) in [6.07, 6.45) is 5.65. The molecule has 0 spiro atoms. The fourth-order valence-electron chi connectivity index (χ4n) is 4.15. The lowest BCUT2D eigenvalue weighted by atomic mass is 9.97. The quantitative estimate of drug-likeness (QED) is 0.590. The van der Waals surface area contributed by atoms with Gasteiger partial charge in [-0.15, -0.1) is 10.2 Å². The summed E-state index contributed by atoms with van der Waals surface area (Å²) in [6.45, 7) is 2.26. The third kappa shape index (κ3) is 2.42. The molecule has 3 aromatic heterocycles. The Kier molecular flexibility index (Phi) is 3.41. The zero-order chi connectivity index (χ0) is 17.7. The van der Waals surface area contributed by atoms with Crippen molar-refractivity contribution in [3.63, 3.8) is 0 Å². The van der Waals surface area contributed by atoms with Crippen molar-refractivity contribution >= 4 is 22.5 Å². The molecule has 0 aliphatic heterocycles. The van der Waals surface area contributed by atoms with E-state index in [0.29, 0.717) is 17.9 Å². The lowest BCUT2D eigenvalue weighted by Gasteiger charge is -2.14. The molecule has 3 atom stereocenters. The van der Waals surface area contributed by atoms with Crippen LogP contribution in [0.25, 0.3) is 16.8 Å². The predicted molar refractivity (Wildman–Crippen MR) is 97.6 cm³/mol. The number of anilines is 1. The number of rotatable bonds is 3. The summed E-state index contributed by atoms with van der Waals surface area (Å²) < 4.78 is 15.2. The number of halogens is 1. The highest BCUT2D eigenvalue weighted by Gasteiger charge is 2.35. The molecule has 1 saturated carbocycles. The van der Waals surface area contributed by atoms with Crippen LogP contribution in [0.3, 0.4) is 0 Å². The van der Waals surface area contributed by atoms with Crippen LogP contribution in [0.15, 0.2) is 42.7 Å². The minimum Gasteiger partial charge on any atom is -0.382 e. The Bertz CT molecular complexity index is 1070. The maximum Gasteiger partial charge on any atom is 0.179 e. The summed E-state index contributed by atoms with van der Waals surface area (Å²) in [7, 11) is 0. The highest BCUT2D eigenvalue weighted by molar-refractivity contribution is 5.74. The Labute approximate surface area is 149 Å². The highest BCUT2D eigenvalue weighted by Crippen LogP contribution is 2.40. The Hall–Kier alpha value is -2.96. The lowest BCUT2D eigenvalue weighted by molar-refractivity contribution is 0.507. The van der Waals surface area contributed by atoms with E-state index in [0.717, 1.165) is 41.2 Å². The largest absolute Gasteiger partial charge is 0.382 e. The van der Waals surface area contributed by atoms with Gasteiger partial charge in [0, 0.05) is 23.8 Å². The molecule has 0 radical (unpaired) electrons. The molecule has 3 heterocycles. The number of fused-ring (bicyclic) bond motifs is 3. The van der Waals surface area contributed by atoms with Gasteiger partial charge in [-0.2, -0.15) is 0 Å². The third-order valence-corrected chi connectivity index (χ3v) is 5.40. The van der Waals surface area contributed by atoms with E-state index in [-0.39, 0.29) is 5.82 Å². The van der Waals surface area contributed by atoms with Crippen molar-refractivity contribution < 1.29 is 4.39 Å². The molecule has 1 fully saturated rings. The second-order valence-corrected chi connectivity index (χ2v) is 7.12. The van der Waals surface area contributed by atoms with Crippen LogP contribution in [-0.2, 0) is 0 Å². The third-order valence-electron chi connectivity index (χ3n) is 5.40. The molecule has 7 heteroatoms. The molecule has 1 aliphatic carbocycles. The van der Waals surface area contributed by atoms with E-state index in [1.165, 1.54) is 12.1 Å². The Morgan fingerprint density at radius 2 is 2.00 bits per heavy atom. The van der Waals surface area contributed by atoms with Gasteiger partial charge in [0.05, 0.1) is 11.7 Å². The first kappa shape index (κ1) is 15.3. The van der Waals surface area contributed by atoms with Crippen LogP contribution in [-0.4, -0.2) is 30.6 Å². The van der Waals surface area contributed by atoms with Crippen molar-refractivity contribution in [1.29, 1.82) is 0 Å². The van der Waals surface area contributed by atoms with Gasteiger partial charge in [0.15, 0.2) is 11.3 Å². The maximum absolute atomic E-state index is 13.1. The van der Waals surface area contributed by atoms with E-state index in [1.807, 2.05) is 12.3 Å². The zero-order valence-electron chi connectivity index (χ0n) is 14.4. The molecule has 1 aliphatic rings. The van der Waals surface area contributed by atoms with Gasteiger partial charge in [0.1, 0.15) is 11.6 Å². The van der Waals surface area contributed by atoms with Crippen LogP contribution in [0.2, 0.25) is 0 Å². The number of benzene rings is 1. The SMILES string of the molecule is CC1CC(Nc2ccc(F)cc2)CC1c1nnc2cnc3[nH]ccc3n12. The van der Waals surface area contributed by atoms with E-state index in [1.54, 1.807) is 18.3 Å². The van der Waals surface area contributed by atoms with E-state index >= 15 is 0 Å². The fraction of sp³-hybridized carbons (Fsp3) is 0.316. The molecule has 2 N–H and O–H groups in total. The van der Waals surface area contributed by atoms with Crippen LogP contribution in [0.5, 0.6) is 0 Å². The van der Waals surface area contributed by atoms with E-state index in [2.05, 4.69) is 36.8 Å². The summed E-state index contributed by atoms with van der Waals surface area (Å²) in [6, 6.07) is 8.88. The summed E-state index contributed by atoms with van der Waals surface area (Å²) >= 11 is 0. The first-order valence-electron chi connectivity index (χ1n) is 8.88. The first-order chi connectivity index (χ1) is 12.7. The normalized spacial score (nSPS) is 23.1. The van der Waals surface area contributed by atoms with Crippen molar-refractivity contribution in [2.45, 2.75) is 31.7 Å². The predicted octanol–water partition coefficient (Wildman–Crippen LogP) is 3.74. The minimum absolute atomic E-state index is 0.215. The van der Waals surface area contributed by atoms with Crippen LogP contribution < -0.4 is 5.32 Å². The van der Waals surface area contributed by atoms with Gasteiger partial charge in [-0.1, -0.05) is 6.92 Å². The van der Waals surface area contributed by atoms with Crippen molar-refractivity contribution in [1.82, 2.24) is 24.6 Å². The fourth-order valence-corrected chi connectivity index (χ4v) is 4.15. The summed E-state index contributed by atoms with van der Waals surface area (Å²) in [4.78, 5) is 7.53. The number of aromatic amines is 1. The van der Waals surface area contributed by atoms with E-state index in [9.17, 15) is 4.39 Å². The lowest BCUT2D eigenvalue weighted by Crippen LogP contribution is -2.15. The number of nitrogens with zero attached hydrogens (tertiary/aromatic N) is 4. The van der Waals surface area contributed by atoms with Gasteiger partial charge in [0.25, 0.3) is 0 Å². The minimum atomic E-state index is -0.215. The first-order valence-corrected chi connectivity index (χ1v) is 8.88. The molecule has 0 saturated heterocycles. The van der Waals surface area contributed by atoms with Crippen LogP contribution in [0.1, 0.15) is 31.5 Å². The van der Waals surface area contributed by atoms with Crippen molar-refractivity contribution in [2.75, 3.05) is 5.32 Å². The monoisotopic (exact) mass is 350 g/mol. The average molecular weight is 350 g/mol. The molecule has 26 heavy (non-hydrogen) atoms. The van der Waals surface area contributed by atoms with Crippen molar-refractivity contribution in [2.24, 2.45) is 5.92 Å². The molecule has 6 nitrogen and oxygen atoms in total. The van der Waals surface area contributed by atoms with Crippen LogP contribution in [0.4, 0.5) is 10.1 Å². The average Bonchev–Trinajstić information content (AvgIpc) is 3.34. The van der Waals surface area contributed by atoms with Crippen molar-refractivity contribution in [3.8, 4) is 0 Å². The smallest absolute Gasteiger partial charge is 0.179 e. The summed E-state index contributed by atoms with van der Waals surface area (Å²) in [5.74, 6) is 1.56. The van der Waals surface area contributed by atoms with Gasteiger partial charge < -0.3 is 10.3 Å². The maximum atomic E-state index is 13.1. The number of aromatic nitrogens is 5. The molecule has 1 aromatic carbocycles. The number of hydrogen-bond donors (Lipinski definition) is 2. The molecule has 5 rings (SSSR count). The van der Waals surface area contributed by atoms with Gasteiger partial charge >= 0.3 is 0 Å². The molecule has 3 unspecified atom stereocenters. The van der Waals surface area contributed by atoms with Crippen molar-refractivity contribution in [3.05, 3.63) is 54.4 Å².